The van der Waals surface area contributed by atoms with Gasteiger partial charge in [-0.2, -0.15) is 0 Å². The summed E-state index contributed by atoms with van der Waals surface area (Å²) in [6, 6.07) is 0. The Labute approximate surface area is 39.7 Å². The van der Waals surface area contributed by atoms with Crippen LogP contribution >= 0.6 is 0 Å². The van der Waals surface area contributed by atoms with Crippen molar-refractivity contribution in [2.75, 3.05) is 13.6 Å². The van der Waals surface area contributed by atoms with Crippen LogP contribution < -0.4 is 0 Å². The van der Waals surface area contributed by atoms with E-state index in [1.807, 2.05) is 0 Å². The average Bonchev–Trinajstić information content (AvgIpc) is 1.72. The van der Waals surface area contributed by atoms with Crippen LogP contribution in [-0.2, 0) is 4.79 Å². The standard InChI is InChI=1S/C3H4F2NO/c4-1-6(2-5)3-7/h1-2H2. The average molecular weight is 108 g/mol. The number of nitrogens with zero attached hydrogens (tertiary/aromatic N) is 1. The Kier molecular flexibility index (Phi) is 3.18. The Morgan fingerprint density at radius 1 is 1.43 bits per heavy atom. The van der Waals surface area contributed by atoms with Gasteiger partial charge in [-0.1, -0.05) is 0 Å². The first kappa shape index (κ1) is 6.33. The van der Waals surface area contributed by atoms with Gasteiger partial charge in [0.25, 0.3) is 0 Å². The molecule has 0 aromatic rings. The molecule has 0 bridgehead atoms. The first-order valence-corrected chi connectivity index (χ1v) is 1.59. The van der Waals surface area contributed by atoms with Gasteiger partial charge in [-0.25, -0.2) is 8.78 Å². The molecule has 0 aliphatic rings. The topological polar surface area (TPSA) is 20.3 Å². The smallest absolute Gasteiger partial charge is 0.278 e. The molecule has 1 amide bonds. The van der Waals surface area contributed by atoms with Gasteiger partial charge < -0.3 is 0 Å². The molecule has 0 atom stereocenters. The van der Waals surface area contributed by atoms with Gasteiger partial charge in [0.15, 0.2) is 13.6 Å². The van der Waals surface area contributed by atoms with E-state index in [4.69, 9.17) is 0 Å². The molecule has 1 radical (unpaired) electrons. The number of amides is 1. The molecule has 0 saturated carbocycles. The number of rotatable bonds is 3. The van der Waals surface area contributed by atoms with Crippen molar-refractivity contribution < 1.29 is 13.6 Å². The summed E-state index contributed by atoms with van der Waals surface area (Å²) in [5.74, 6) is 0. The summed E-state index contributed by atoms with van der Waals surface area (Å²) in [4.78, 5) is 9.52. The van der Waals surface area contributed by atoms with E-state index in [1.165, 1.54) is 0 Å². The van der Waals surface area contributed by atoms with Gasteiger partial charge in [0, 0.05) is 0 Å². The Morgan fingerprint density at radius 2 is 1.86 bits per heavy atom. The lowest BCUT2D eigenvalue weighted by atomic mass is 10.9. The third-order valence-corrected chi connectivity index (χ3v) is 0.418. The van der Waals surface area contributed by atoms with Crippen LogP contribution in [0.4, 0.5) is 8.78 Å². The van der Waals surface area contributed by atoms with Crippen molar-refractivity contribution >= 4 is 6.41 Å². The number of hydrogen-bond acceptors (Lipinski definition) is 1. The first-order chi connectivity index (χ1) is 3.35. The lowest BCUT2D eigenvalue weighted by Gasteiger charge is -2.01. The summed E-state index contributed by atoms with van der Waals surface area (Å²) < 4.78 is 22.2. The van der Waals surface area contributed by atoms with Crippen LogP contribution in [0.15, 0.2) is 0 Å². The van der Waals surface area contributed by atoms with Gasteiger partial charge in [-0.05, 0) is 0 Å². The highest BCUT2D eigenvalue weighted by Crippen LogP contribution is 1.80. The number of carbonyl (C=O) groups excluding carboxylic acids is 1. The summed E-state index contributed by atoms with van der Waals surface area (Å²) in [6.45, 7) is -2.22. The molecule has 0 N–H and O–H groups in total. The zero-order valence-electron chi connectivity index (χ0n) is 3.53. The van der Waals surface area contributed by atoms with E-state index < -0.39 is 13.6 Å². The lowest BCUT2D eigenvalue weighted by Crippen LogP contribution is -2.18. The molecule has 0 heterocycles. The number of halogens is 2. The second kappa shape index (κ2) is 3.52. The van der Waals surface area contributed by atoms with Gasteiger partial charge in [-0.3, -0.25) is 9.69 Å². The molecular weight excluding hydrogens is 104 g/mol. The largest absolute Gasteiger partial charge is 0.316 e. The van der Waals surface area contributed by atoms with Crippen LogP contribution in [-0.4, -0.2) is 24.9 Å². The molecule has 0 saturated heterocycles. The summed E-state index contributed by atoms with van der Waals surface area (Å²) in [5, 5.41) is 0. The van der Waals surface area contributed by atoms with Gasteiger partial charge >= 0.3 is 6.41 Å². The summed E-state index contributed by atoms with van der Waals surface area (Å²) in [5.41, 5.74) is 0. The highest BCUT2D eigenvalue weighted by molar-refractivity contribution is 5.47. The van der Waals surface area contributed by atoms with Gasteiger partial charge in [0.2, 0.25) is 0 Å². The molecule has 0 spiro atoms. The van der Waals surface area contributed by atoms with Crippen LogP contribution in [0, 0.1) is 0 Å². The molecule has 0 aromatic carbocycles. The van der Waals surface area contributed by atoms with Crippen molar-refractivity contribution in [3.8, 4) is 0 Å². The second-order valence-corrected chi connectivity index (χ2v) is 0.870. The second-order valence-electron chi connectivity index (χ2n) is 0.870. The quantitative estimate of drug-likeness (QED) is 0.374. The van der Waals surface area contributed by atoms with Gasteiger partial charge in [0.05, 0.1) is 0 Å². The molecule has 0 unspecified atom stereocenters. The van der Waals surface area contributed by atoms with E-state index in [-0.39, 0.29) is 4.90 Å². The Bertz CT molecular complexity index is 54.9. The molecule has 41 valence electrons. The molecule has 2 nitrogen and oxygen atoms in total. The highest BCUT2D eigenvalue weighted by Gasteiger charge is 1.95. The van der Waals surface area contributed by atoms with E-state index in [2.05, 4.69) is 0 Å². The maximum Gasteiger partial charge on any atom is 0.316 e. The zero-order valence-corrected chi connectivity index (χ0v) is 3.53. The predicted octanol–water partition coefficient (Wildman–Crippen LogP) is 0.210. The molecular formula is C3H4F2NO. The van der Waals surface area contributed by atoms with Crippen LogP contribution in [0.25, 0.3) is 0 Å². The normalized spacial score (nSPS) is 8.29. The molecule has 0 rings (SSSR count). The van der Waals surface area contributed by atoms with E-state index >= 15 is 0 Å². The third kappa shape index (κ3) is 2.08. The van der Waals surface area contributed by atoms with E-state index in [1.54, 1.807) is 0 Å². The fourth-order valence-corrected chi connectivity index (χ4v) is 0.0807. The summed E-state index contributed by atoms with van der Waals surface area (Å²) in [6.07, 6.45) is 1.03. The molecule has 7 heavy (non-hydrogen) atoms. The minimum absolute atomic E-state index is 0.236. The third-order valence-electron chi connectivity index (χ3n) is 0.418. The minimum Gasteiger partial charge on any atom is -0.278 e. The maximum absolute atomic E-state index is 11.1. The van der Waals surface area contributed by atoms with E-state index in [0.717, 1.165) is 6.41 Å². The van der Waals surface area contributed by atoms with E-state index in [0.29, 0.717) is 0 Å². The summed E-state index contributed by atoms with van der Waals surface area (Å²) >= 11 is 0. The van der Waals surface area contributed by atoms with Crippen LogP contribution in [0.2, 0.25) is 0 Å². The lowest BCUT2D eigenvalue weighted by molar-refractivity contribution is 0.200. The van der Waals surface area contributed by atoms with Crippen LogP contribution in [0.3, 0.4) is 0 Å². The first-order valence-electron chi connectivity index (χ1n) is 1.59. The van der Waals surface area contributed by atoms with E-state index in [9.17, 15) is 13.6 Å². The Morgan fingerprint density at radius 3 is 1.86 bits per heavy atom. The molecule has 0 aliphatic carbocycles. The number of hydrogen-bond donors (Lipinski definition) is 0. The Balaban J connectivity index is 3.16. The molecule has 0 fully saturated rings. The molecule has 0 aliphatic heterocycles. The van der Waals surface area contributed by atoms with Crippen molar-refractivity contribution in [1.29, 1.82) is 0 Å². The van der Waals surface area contributed by atoms with Crippen LogP contribution in [0.5, 0.6) is 0 Å². The van der Waals surface area contributed by atoms with Crippen LogP contribution in [0.1, 0.15) is 0 Å². The Hall–Kier alpha value is -0.670. The van der Waals surface area contributed by atoms with Gasteiger partial charge in [0.1, 0.15) is 0 Å². The van der Waals surface area contributed by atoms with Crippen molar-refractivity contribution in [2.24, 2.45) is 0 Å². The zero-order chi connectivity index (χ0) is 5.70. The SMILES string of the molecule is O=[C]N(CF)CF. The predicted molar refractivity (Wildman–Crippen MR) is 19.5 cm³/mol. The minimum atomic E-state index is -1.11. The molecule has 0 aromatic heterocycles. The fourth-order valence-electron chi connectivity index (χ4n) is 0.0807. The summed E-state index contributed by atoms with van der Waals surface area (Å²) in [7, 11) is 0. The molecule has 4 heteroatoms. The highest BCUT2D eigenvalue weighted by atomic mass is 19.1. The van der Waals surface area contributed by atoms with Crippen molar-refractivity contribution in [3.05, 3.63) is 0 Å². The van der Waals surface area contributed by atoms with Crippen molar-refractivity contribution in [3.63, 3.8) is 0 Å². The number of alkyl halides is 2. The maximum atomic E-state index is 11.1. The fraction of sp³-hybridized carbons (Fsp3) is 0.667. The van der Waals surface area contributed by atoms with Crippen molar-refractivity contribution in [1.82, 2.24) is 4.90 Å². The van der Waals surface area contributed by atoms with Gasteiger partial charge in [-0.15, -0.1) is 0 Å². The van der Waals surface area contributed by atoms with Crippen molar-refractivity contribution in [2.45, 2.75) is 0 Å². The monoisotopic (exact) mass is 108 g/mol.